The molecule has 1 amide bonds. The van der Waals surface area contributed by atoms with Crippen LogP contribution in [0.25, 0.3) is 11.3 Å². The van der Waals surface area contributed by atoms with Crippen LogP contribution in [0.5, 0.6) is 0 Å². The summed E-state index contributed by atoms with van der Waals surface area (Å²) < 4.78 is 27.7. The number of nitrogens with zero attached hydrogens (tertiary/aromatic N) is 2. The van der Waals surface area contributed by atoms with E-state index in [1.54, 1.807) is 48.5 Å². The summed E-state index contributed by atoms with van der Waals surface area (Å²) in [5.41, 5.74) is 7.43. The molecular weight excluding hydrogens is 436 g/mol. The molecule has 0 fully saturated rings. The van der Waals surface area contributed by atoms with Gasteiger partial charge in [0.2, 0.25) is 9.84 Å². The van der Waals surface area contributed by atoms with Gasteiger partial charge in [0.15, 0.2) is 0 Å². The van der Waals surface area contributed by atoms with Crippen LogP contribution in [0.4, 0.5) is 16.2 Å². The molecule has 0 unspecified atom stereocenters. The molecule has 4 rings (SSSR count). The number of amides is 1. The number of aromatic nitrogens is 2. The van der Waals surface area contributed by atoms with Crippen LogP contribution >= 0.6 is 11.6 Å². The lowest BCUT2D eigenvalue weighted by Gasteiger charge is -2.11. The summed E-state index contributed by atoms with van der Waals surface area (Å²) in [6.07, 6.45) is 1.17. The van der Waals surface area contributed by atoms with Crippen LogP contribution in [0.2, 0.25) is 5.02 Å². The maximum Gasteiger partial charge on any atom is 0.347 e. The first-order valence-corrected chi connectivity index (χ1v) is 11.0. The van der Waals surface area contributed by atoms with Crippen molar-refractivity contribution in [3.05, 3.63) is 90.1 Å². The van der Waals surface area contributed by atoms with Crippen LogP contribution in [0.15, 0.2) is 94.9 Å². The van der Waals surface area contributed by atoms with E-state index in [0.29, 0.717) is 22.0 Å². The molecule has 0 aliphatic carbocycles. The summed E-state index contributed by atoms with van der Waals surface area (Å²) in [6, 6.07) is 20.5. The van der Waals surface area contributed by atoms with Gasteiger partial charge in [0.05, 0.1) is 16.8 Å². The number of para-hydroxylation sites is 1. The van der Waals surface area contributed by atoms with Gasteiger partial charge >= 0.3 is 6.03 Å². The molecule has 0 radical (unpaired) electrons. The molecule has 0 bridgehead atoms. The van der Waals surface area contributed by atoms with E-state index in [1.165, 1.54) is 30.5 Å². The van der Waals surface area contributed by atoms with E-state index in [0.717, 1.165) is 4.68 Å². The van der Waals surface area contributed by atoms with Gasteiger partial charge in [-0.3, -0.25) is 0 Å². The lowest BCUT2D eigenvalue weighted by molar-refractivity contribution is 0.251. The van der Waals surface area contributed by atoms with Crippen molar-refractivity contribution < 1.29 is 13.2 Å². The number of nitrogen functional groups attached to an aromatic ring is 1. The Hall–Kier alpha value is -3.62. The fourth-order valence-electron chi connectivity index (χ4n) is 3.03. The average molecular weight is 453 g/mol. The Morgan fingerprint density at radius 1 is 0.935 bits per heavy atom. The summed E-state index contributed by atoms with van der Waals surface area (Å²) >= 11 is 5.90. The first-order chi connectivity index (χ1) is 14.9. The predicted octanol–water partition coefficient (Wildman–Crippen LogP) is 4.70. The summed E-state index contributed by atoms with van der Waals surface area (Å²) in [5, 5.41) is 7.22. The zero-order chi connectivity index (χ0) is 22.0. The minimum absolute atomic E-state index is 0.0385. The van der Waals surface area contributed by atoms with Gasteiger partial charge in [-0.15, -0.1) is 0 Å². The number of carbonyl (C=O) groups excluding carboxylic acids is 1. The number of nitrogens with one attached hydrogen (secondary N) is 1. The number of hydrogen-bond acceptors (Lipinski definition) is 5. The molecule has 1 aromatic heterocycles. The Labute approximate surface area is 184 Å². The Bertz CT molecular complexity index is 1330. The SMILES string of the molecule is Nc1ccc(-c2c(S(=O)(=O)c3ccc(Cl)cc3)cnn2C(=O)Nc2ccccc2)cc1. The van der Waals surface area contributed by atoms with Gasteiger partial charge in [-0.1, -0.05) is 41.9 Å². The number of anilines is 2. The third kappa shape index (κ3) is 4.16. The van der Waals surface area contributed by atoms with E-state index >= 15 is 0 Å². The minimum atomic E-state index is -3.98. The molecular formula is C22H17ClN4O3S. The van der Waals surface area contributed by atoms with Gasteiger partial charge in [0.1, 0.15) is 4.90 Å². The predicted molar refractivity (Wildman–Crippen MR) is 120 cm³/mol. The maximum atomic E-state index is 13.3. The number of sulfone groups is 1. The fourth-order valence-corrected chi connectivity index (χ4v) is 4.55. The summed E-state index contributed by atoms with van der Waals surface area (Å²) in [5.74, 6) is 0. The number of hydrogen-bond donors (Lipinski definition) is 2. The van der Waals surface area contributed by atoms with Gasteiger partial charge in [-0.25, -0.2) is 13.2 Å². The highest BCUT2D eigenvalue weighted by Gasteiger charge is 2.28. The zero-order valence-electron chi connectivity index (χ0n) is 16.1. The molecule has 3 aromatic carbocycles. The van der Waals surface area contributed by atoms with E-state index in [1.807, 2.05) is 6.07 Å². The fraction of sp³-hybridized carbons (Fsp3) is 0. The van der Waals surface area contributed by atoms with Crippen molar-refractivity contribution in [2.45, 2.75) is 9.79 Å². The Morgan fingerprint density at radius 2 is 1.58 bits per heavy atom. The summed E-state index contributed by atoms with van der Waals surface area (Å²) in [4.78, 5) is 12.9. The van der Waals surface area contributed by atoms with Gasteiger partial charge in [0, 0.05) is 22.0 Å². The smallest absolute Gasteiger partial charge is 0.347 e. The van der Waals surface area contributed by atoms with Gasteiger partial charge in [0.25, 0.3) is 0 Å². The molecule has 0 saturated heterocycles. The van der Waals surface area contributed by atoms with Gasteiger partial charge in [-0.05, 0) is 48.5 Å². The second-order valence-corrected chi connectivity index (χ2v) is 9.00. The van der Waals surface area contributed by atoms with Crippen LogP contribution in [0.1, 0.15) is 0 Å². The first kappa shape index (κ1) is 20.6. The van der Waals surface area contributed by atoms with Crippen LogP contribution in [0, 0.1) is 0 Å². The van der Waals surface area contributed by atoms with E-state index < -0.39 is 15.9 Å². The topological polar surface area (TPSA) is 107 Å². The highest BCUT2D eigenvalue weighted by atomic mass is 35.5. The second-order valence-electron chi connectivity index (χ2n) is 6.64. The average Bonchev–Trinajstić information content (AvgIpc) is 3.21. The van der Waals surface area contributed by atoms with Crippen molar-refractivity contribution in [3.8, 4) is 11.3 Å². The number of carbonyl (C=O) groups is 1. The van der Waals surface area contributed by atoms with Crippen LogP contribution in [-0.4, -0.2) is 24.2 Å². The van der Waals surface area contributed by atoms with Crippen molar-refractivity contribution in [2.24, 2.45) is 0 Å². The molecule has 0 saturated carbocycles. The highest BCUT2D eigenvalue weighted by molar-refractivity contribution is 7.91. The highest BCUT2D eigenvalue weighted by Crippen LogP contribution is 2.32. The van der Waals surface area contributed by atoms with Crippen LogP contribution in [0.3, 0.4) is 0 Å². The monoisotopic (exact) mass is 452 g/mol. The Balaban J connectivity index is 1.85. The largest absolute Gasteiger partial charge is 0.399 e. The lowest BCUT2D eigenvalue weighted by atomic mass is 10.1. The Morgan fingerprint density at radius 3 is 2.23 bits per heavy atom. The van der Waals surface area contributed by atoms with Crippen LogP contribution < -0.4 is 11.1 Å². The number of benzene rings is 3. The minimum Gasteiger partial charge on any atom is -0.399 e. The molecule has 0 aliphatic heterocycles. The molecule has 1 heterocycles. The summed E-state index contributed by atoms with van der Waals surface area (Å²) in [7, 11) is -3.98. The van der Waals surface area contributed by atoms with E-state index in [9.17, 15) is 13.2 Å². The molecule has 7 nitrogen and oxygen atoms in total. The van der Waals surface area contributed by atoms with Crippen LogP contribution in [-0.2, 0) is 9.84 Å². The maximum absolute atomic E-state index is 13.3. The van der Waals surface area contributed by atoms with Crippen molar-refractivity contribution in [2.75, 3.05) is 11.1 Å². The van der Waals surface area contributed by atoms with Crippen molar-refractivity contribution in [1.29, 1.82) is 0 Å². The molecule has 4 aromatic rings. The second kappa shape index (κ2) is 8.25. The molecule has 0 atom stereocenters. The molecule has 3 N–H and O–H groups in total. The number of rotatable bonds is 4. The standard InChI is InChI=1S/C22H17ClN4O3S/c23-16-8-12-19(13-9-16)31(29,30)20-14-25-27(21(20)15-6-10-17(24)11-7-15)22(28)26-18-4-2-1-3-5-18/h1-14H,24H2,(H,26,28). The first-order valence-electron chi connectivity index (χ1n) is 9.17. The molecule has 9 heteroatoms. The zero-order valence-corrected chi connectivity index (χ0v) is 17.6. The van der Waals surface area contributed by atoms with E-state index in [2.05, 4.69) is 10.4 Å². The van der Waals surface area contributed by atoms with E-state index in [-0.39, 0.29) is 15.5 Å². The van der Waals surface area contributed by atoms with Crippen molar-refractivity contribution in [1.82, 2.24) is 9.78 Å². The molecule has 0 aliphatic rings. The van der Waals surface area contributed by atoms with Gasteiger partial charge in [-0.2, -0.15) is 9.78 Å². The molecule has 31 heavy (non-hydrogen) atoms. The third-order valence-electron chi connectivity index (χ3n) is 4.55. The lowest BCUT2D eigenvalue weighted by Crippen LogP contribution is -2.22. The Kier molecular flexibility index (Phi) is 5.50. The van der Waals surface area contributed by atoms with Crippen molar-refractivity contribution in [3.63, 3.8) is 0 Å². The molecule has 0 spiro atoms. The van der Waals surface area contributed by atoms with E-state index in [4.69, 9.17) is 17.3 Å². The van der Waals surface area contributed by atoms with Gasteiger partial charge < -0.3 is 11.1 Å². The van der Waals surface area contributed by atoms with Crippen molar-refractivity contribution >= 4 is 38.8 Å². The normalized spacial score (nSPS) is 11.3. The molecule has 156 valence electrons. The number of nitrogens with two attached hydrogens (primary N) is 1. The quantitative estimate of drug-likeness (QED) is 0.436. The summed E-state index contributed by atoms with van der Waals surface area (Å²) in [6.45, 7) is 0. The third-order valence-corrected chi connectivity index (χ3v) is 6.57. The number of halogens is 1.